The van der Waals surface area contributed by atoms with E-state index in [9.17, 15) is 13.2 Å². The molecule has 1 aliphatic carbocycles. The molecule has 5 heteroatoms. The fraction of sp³-hybridized carbons (Fsp3) is 0.500. The maximum Gasteiger partial charge on any atom is 0.252 e. The molecule has 0 bridgehead atoms. The maximum atomic E-state index is 12.1. The summed E-state index contributed by atoms with van der Waals surface area (Å²) >= 11 is 5.60. The predicted molar refractivity (Wildman–Crippen MR) is 75.8 cm³/mol. The van der Waals surface area contributed by atoms with Crippen LogP contribution in [0, 0.1) is 0 Å². The zero-order valence-electron chi connectivity index (χ0n) is 11.2. The second-order valence-electron chi connectivity index (χ2n) is 5.42. The molecule has 0 unspecified atom stereocenters. The lowest BCUT2D eigenvalue weighted by Crippen LogP contribution is -2.11. The van der Waals surface area contributed by atoms with Crippen molar-refractivity contribution in [3.63, 3.8) is 0 Å². The number of halogens is 1. The highest BCUT2D eigenvalue weighted by Crippen LogP contribution is 2.46. The van der Waals surface area contributed by atoms with Gasteiger partial charge in [0.25, 0.3) is 5.24 Å². The third kappa shape index (κ3) is 2.84. The lowest BCUT2D eigenvalue weighted by Gasteiger charge is -2.18. The molecule has 1 fully saturated rings. The molecule has 0 heterocycles. The van der Waals surface area contributed by atoms with Gasteiger partial charge in [-0.25, -0.2) is 8.42 Å². The normalized spacial score (nSPS) is 15.8. The molecular formula is C14H17ClO3S. The number of hydrogen-bond acceptors (Lipinski definition) is 3. The largest absolute Gasteiger partial charge is 0.276 e. The Labute approximate surface area is 118 Å². The van der Waals surface area contributed by atoms with Gasteiger partial charge in [0.1, 0.15) is 0 Å². The van der Waals surface area contributed by atoms with Crippen molar-refractivity contribution in [2.24, 2.45) is 0 Å². The smallest absolute Gasteiger partial charge is 0.252 e. The van der Waals surface area contributed by atoms with Gasteiger partial charge in [-0.05, 0) is 53.5 Å². The Kier molecular flexibility index (Phi) is 3.76. The Morgan fingerprint density at radius 3 is 2.26 bits per heavy atom. The molecule has 1 aliphatic rings. The molecule has 1 aromatic rings. The topological polar surface area (TPSA) is 51.2 Å². The van der Waals surface area contributed by atoms with Crippen LogP contribution in [0.3, 0.4) is 0 Å². The average molecular weight is 301 g/mol. The zero-order chi connectivity index (χ0) is 14.4. The SMILES string of the molecule is CC(C)c1ccc(C(=O)Cl)c(C2CC2)c1S(C)(=O)=O. The van der Waals surface area contributed by atoms with Gasteiger partial charge < -0.3 is 0 Å². The molecule has 3 nitrogen and oxygen atoms in total. The van der Waals surface area contributed by atoms with Gasteiger partial charge in [-0.3, -0.25) is 4.79 Å². The summed E-state index contributed by atoms with van der Waals surface area (Å²) in [5.41, 5.74) is 1.74. The third-order valence-corrected chi connectivity index (χ3v) is 4.82. The van der Waals surface area contributed by atoms with E-state index >= 15 is 0 Å². The molecule has 1 saturated carbocycles. The molecule has 0 radical (unpaired) electrons. The van der Waals surface area contributed by atoms with Crippen molar-refractivity contribution in [2.75, 3.05) is 6.26 Å². The minimum atomic E-state index is -3.38. The van der Waals surface area contributed by atoms with Gasteiger partial charge in [-0.1, -0.05) is 19.9 Å². The summed E-state index contributed by atoms with van der Waals surface area (Å²) in [6.07, 6.45) is 3.03. The van der Waals surface area contributed by atoms with E-state index in [1.807, 2.05) is 13.8 Å². The first-order valence-electron chi connectivity index (χ1n) is 6.30. The first kappa shape index (κ1) is 14.5. The summed E-state index contributed by atoms with van der Waals surface area (Å²) in [6.45, 7) is 3.89. The van der Waals surface area contributed by atoms with E-state index in [0.29, 0.717) is 16.0 Å². The van der Waals surface area contributed by atoms with Gasteiger partial charge in [0.05, 0.1) is 4.90 Å². The second-order valence-corrected chi connectivity index (χ2v) is 7.72. The van der Waals surface area contributed by atoms with Crippen LogP contribution in [-0.2, 0) is 9.84 Å². The molecule has 0 aliphatic heterocycles. The molecule has 19 heavy (non-hydrogen) atoms. The van der Waals surface area contributed by atoms with E-state index in [4.69, 9.17) is 11.6 Å². The van der Waals surface area contributed by atoms with Crippen LogP contribution in [0.15, 0.2) is 17.0 Å². The lowest BCUT2D eigenvalue weighted by molar-refractivity contribution is 0.108. The van der Waals surface area contributed by atoms with Crippen LogP contribution in [0.2, 0.25) is 0 Å². The third-order valence-electron chi connectivity index (χ3n) is 3.42. The minimum Gasteiger partial charge on any atom is -0.276 e. The molecule has 0 spiro atoms. The van der Waals surface area contributed by atoms with Gasteiger partial charge in [-0.15, -0.1) is 0 Å². The summed E-state index contributed by atoms with van der Waals surface area (Å²) < 4.78 is 24.3. The highest BCUT2D eigenvalue weighted by atomic mass is 35.5. The van der Waals surface area contributed by atoms with Gasteiger partial charge in [0.2, 0.25) is 0 Å². The Balaban J connectivity index is 2.83. The van der Waals surface area contributed by atoms with Crippen LogP contribution < -0.4 is 0 Å². The van der Waals surface area contributed by atoms with Gasteiger partial charge in [0, 0.05) is 11.8 Å². The number of carbonyl (C=O) groups excluding carboxylic acids is 1. The van der Waals surface area contributed by atoms with E-state index in [1.165, 1.54) is 6.26 Å². The number of hydrogen-bond donors (Lipinski definition) is 0. The summed E-state index contributed by atoms with van der Waals surface area (Å²) in [5, 5.41) is -0.581. The molecule has 1 aromatic carbocycles. The quantitative estimate of drug-likeness (QED) is 0.800. The molecule has 104 valence electrons. The van der Waals surface area contributed by atoms with Crippen molar-refractivity contribution in [3.8, 4) is 0 Å². The molecular weight excluding hydrogens is 284 g/mol. The standard InChI is InChI=1S/C14H17ClO3S/c1-8(2)10-6-7-11(14(15)16)12(9-4-5-9)13(10)19(3,17)18/h6-9H,4-5H2,1-3H3. The van der Waals surface area contributed by atoms with Gasteiger partial charge >= 0.3 is 0 Å². The van der Waals surface area contributed by atoms with Crippen LogP contribution >= 0.6 is 11.6 Å². The lowest BCUT2D eigenvalue weighted by atomic mass is 9.95. The summed E-state index contributed by atoms with van der Waals surface area (Å²) in [6, 6.07) is 3.37. The molecule has 0 saturated heterocycles. The van der Waals surface area contributed by atoms with Crippen molar-refractivity contribution in [1.82, 2.24) is 0 Å². The summed E-state index contributed by atoms with van der Waals surface area (Å²) in [4.78, 5) is 11.8. The predicted octanol–water partition coefficient (Wildman–Crippen LogP) is 3.47. The van der Waals surface area contributed by atoms with Crippen molar-refractivity contribution in [3.05, 3.63) is 28.8 Å². The molecule has 0 aromatic heterocycles. The van der Waals surface area contributed by atoms with Crippen LogP contribution in [0.4, 0.5) is 0 Å². The van der Waals surface area contributed by atoms with Crippen LogP contribution in [-0.4, -0.2) is 19.9 Å². The highest BCUT2D eigenvalue weighted by molar-refractivity contribution is 7.90. The van der Waals surface area contributed by atoms with E-state index in [0.717, 1.165) is 18.4 Å². The minimum absolute atomic E-state index is 0.0849. The number of rotatable bonds is 4. The highest BCUT2D eigenvalue weighted by Gasteiger charge is 2.34. The van der Waals surface area contributed by atoms with Gasteiger partial charge in [-0.2, -0.15) is 0 Å². The first-order chi connectivity index (χ1) is 8.73. The number of benzene rings is 1. The molecule has 2 rings (SSSR count). The van der Waals surface area contributed by atoms with Crippen LogP contribution in [0.5, 0.6) is 0 Å². The summed E-state index contributed by atoms with van der Waals surface area (Å²) in [7, 11) is -3.38. The Morgan fingerprint density at radius 1 is 1.32 bits per heavy atom. The molecule has 0 N–H and O–H groups in total. The maximum absolute atomic E-state index is 12.1. The second kappa shape index (κ2) is 4.91. The molecule has 0 amide bonds. The fourth-order valence-corrected chi connectivity index (χ4v) is 4.01. The van der Waals surface area contributed by atoms with Gasteiger partial charge in [0.15, 0.2) is 9.84 Å². The Hall–Kier alpha value is -0.870. The number of sulfone groups is 1. The monoisotopic (exact) mass is 300 g/mol. The van der Waals surface area contributed by atoms with E-state index in [2.05, 4.69) is 0 Å². The van der Waals surface area contributed by atoms with Crippen molar-refractivity contribution >= 4 is 26.7 Å². The zero-order valence-corrected chi connectivity index (χ0v) is 12.8. The Morgan fingerprint density at radius 2 is 1.89 bits per heavy atom. The summed E-state index contributed by atoms with van der Waals surface area (Å²) in [5.74, 6) is 0.239. The fourth-order valence-electron chi connectivity index (χ4n) is 2.43. The van der Waals surface area contributed by atoms with Crippen molar-refractivity contribution in [2.45, 2.75) is 43.4 Å². The number of carbonyl (C=O) groups is 1. The van der Waals surface area contributed by atoms with E-state index in [-0.39, 0.29) is 11.8 Å². The van der Waals surface area contributed by atoms with Crippen molar-refractivity contribution in [1.29, 1.82) is 0 Å². The van der Waals surface area contributed by atoms with E-state index < -0.39 is 15.1 Å². The van der Waals surface area contributed by atoms with Crippen LogP contribution in [0.1, 0.15) is 60.0 Å². The average Bonchev–Trinajstić information content (AvgIpc) is 3.09. The van der Waals surface area contributed by atoms with E-state index in [1.54, 1.807) is 12.1 Å². The molecule has 0 atom stereocenters. The van der Waals surface area contributed by atoms with Crippen LogP contribution in [0.25, 0.3) is 0 Å². The first-order valence-corrected chi connectivity index (χ1v) is 8.57. The van der Waals surface area contributed by atoms with Crippen molar-refractivity contribution < 1.29 is 13.2 Å². The Bertz CT molecular complexity index is 628.